The predicted molar refractivity (Wildman–Crippen MR) is 111 cm³/mol. The fourth-order valence-corrected chi connectivity index (χ4v) is 3.61. The molecule has 2 aromatic carbocycles. The summed E-state index contributed by atoms with van der Waals surface area (Å²) in [4.78, 5) is 27.1. The molecule has 0 saturated heterocycles. The Hall–Kier alpha value is -3.30. The van der Waals surface area contributed by atoms with Crippen molar-refractivity contribution in [2.75, 3.05) is 7.11 Å². The average molecular weight is 433 g/mol. The van der Waals surface area contributed by atoms with Crippen molar-refractivity contribution in [2.45, 2.75) is 0 Å². The van der Waals surface area contributed by atoms with Crippen molar-refractivity contribution in [3.63, 3.8) is 0 Å². The highest BCUT2D eigenvalue weighted by molar-refractivity contribution is 8.18. The Labute approximate surface area is 173 Å². The summed E-state index contributed by atoms with van der Waals surface area (Å²) in [7, 11) is 1.18. The number of esters is 1. The van der Waals surface area contributed by atoms with Gasteiger partial charge in [0.2, 0.25) is 0 Å². The van der Waals surface area contributed by atoms with E-state index in [2.05, 4.69) is 4.99 Å². The number of phenolic OH excluding ortho intramolecular Hbond substituents is 1. The quantitative estimate of drug-likeness (QED) is 0.405. The number of carbonyl (C=O) groups is 1. The molecule has 148 valence electrons. The van der Waals surface area contributed by atoms with Gasteiger partial charge in [0.1, 0.15) is 16.4 Å². The Balaban J connectivity index is 2.05. The number of ether oxygens (including phenoxy) is 1. The summed E-state index contributed by atoms with van der Waals surface area (Å²) in [5.74, 6) is -1.61. The first-order valence-corrected chi connectivity index (χ1v) is 9.23. The lowest BCUT2D eigenvalue weighted by atomic mass is 10.1. The van der Waals surface area contributed by atoms with E-state index in [4.69, 9.17) is 16.3 Å². The molecule has 0 fully saturated rings. The largest absolute Gasteiger partial charge is 0.506 e. The van der Waals surface area contributed by atoms with Gasteiger partial charge < -0.3 is 14.9 Å². The number of thioether (sulfide) groups is 1. The van der Waals surface area contributed by atoms with Crippen LogP contribution in [0, 0.1) is 10.1 Å². The maximum absolute atomic E-state index is 12.2. The first kappa shape index (κ1) is 20.4. The van der Waals surface area contributed by atoms with E-state index in [1.807, 2.05) is 0 Å². The number of aromatic hydroxyl groups is 1. The number of carbonyl (C=O) groups excluding carboxylic acids is 1. The molecular formula is C19H13ClN2O6S. The van der Waals surface area contributed by atoms with Crippen LogP contribution in [0.5, 0.6) is 5.75 Å². The first-order valence-electron chi connectivity index (χ1n) is 8.03. The van der Waals surface area contributed by atoms with E-state index >= 15 is 0 Å². The minimum Gasteiger partial charge on any atom is -0.506 e. The van der Waals surface area contributed by atoms with Gasteiger partial charge in [0.15, 0.2) is 5.75 Å². The molecule has 2 N–H and O–H groups in total. The Bertz CT molecular complexity index is 1090. The van der Waals surface area contributed by atoms with Crippen molar-refractivity contribution >= 4 is 51.8 Å². The second kappa shape index (κ2) is 8.38. The third-order valence-corrected chi connectivity index (χ3v) is 5.10. The van der Waals surface area contributed by atoms with Crippen LogP contribution in [0.1, 0.15) is 5.56 Å². The number of phenols is 1. The van der Waals surface area contributed by atoms with Crippen LogP contribution in [0.3, 0.4) is 0 Å². The van der Waals surface area contributed by atoms with E-state index < -0.39 is 22.3 Å². The zero-order valence-electron chi connectivity index (χ0n) is 14.8. The van der Waals surface area contributed by atoms with E-state index in [0.29, 0.717) is 16.3 Å². The molecule has 0 radical (unpaired) electrons. The standard InChI is InChI=1S/C19H13ClN2O6S/c1-28-19(25)16-17(24)15(9-10-2-7-14(23)13(8-10)22(26)27)29-18(16)21-12-5-3-11(20)4-6-12/h2-9,23-24H,1H3/b15-9+,21-18?. The molecule has 2 aromatic rings. The zero-order chi connectivity index (χ0) is 21.1. The van der Waals surface area contributed by atoms with Gasteiger partial charge in [-0.05, 0) is 42.0 Å². The summed E-state index contributed by atoms with van der Waals surface area (Å²) in [6, 6.07) is 10.3. The number of nitro benzene ring substituents is 1. The summed E-state index contributed by atoms with van der Waals surface area (Å²) < 4.78 is 4.73. The number of halogens is 1. The van der Waals surface area contributed by atoms with Gasteiger partial charge in [-0.2, -0.15) is 0 Å². The van der Waals surface area contributed by atoms with Crippen LogP contribution in [-0.4, -0.2) is 33.3 Å². The molecule has 1 aliphatic heterocycles. The third kappa shape index (κ3) is 4.41. The highest BCUT2D eigenvalue weighted by Gasteiger charge is 2.33. The molecule has 1 aliphatic rings. The SMILES string of the molecule is COC(=O)C1=C(O)/C(=C\c2ccc(O)c([N+](=O)[O-])c2)SC1=Nc1ccc(Cl)cc1. The predicted octanol–water partition coefficient (Wildman–Crippen LogP) is 4.76. The van der Waals surface area contributed by atoms with Crippen molar-refractivity contribution in [1.82, 2.24) is 0 Å². The number of aliphatic hydroxyl groups is 1. The maximum Gasteiger partial charge on any atom is 0.344 e. The van der Waals surface area contributed by atoms with Crippen molar-refractivity contribution < 1.29 is 24.7 Å². The molecule has 10 heteroatoms. The fourth-order valence-electron chi connectivity index (χ4n) is 2.45. The lowest BCUT2D eigenvalue weighted by molar-refractivity contribution is -0.385. The van der Waals surface area contributed by atoms with E-state index in [-0.39, 0.29) is 21.3 Å². The molecule has 8 nitrogen and oxygen atoms in total. The van der Waals surface area contributed by atoms with Crippen molar-refractivity contribution in [3.05, 3.63) is 79.4 Å². The smallest absolute Gasteiger partial charge is 0.344 e. The number of benzene rings is 2. The Morgan fingerprint density at radius 3 is 2.55 bits per heavy atom. The number of rotatable bonds is 4. The second-order valence-electron chi connectivity index (χ2n) is 5.72. The van der Waals surface area contributed by atoms with E-state index in [1.165, 1.54) is 25.3 Å². The number of nitro groups is 1. The highest BCUT2D eigenvalue weighted by Crippen LogP contribution is 2.40. The minimum absolute atomic E-state index is 0.119. The van der Waals surface area contributed by atoms with Crippen LogP contribution >= 0.6 is 23.4 Å². The van der Waals surface area contributed by atoms with Crippen LogP contribution < -0.4 is 0 Å². The molecule has 29 heavy (non-hydrogen) atoms. The molecule has 1 heterocycles. The van der Waals surface area contributed by atoms with E-state index in [1.54, 1.807) is 24.3 Å². The first-order chi connectivity index (χ1) is 13.8. The summed E-state index contributed by atoms with van der Waals surface area (Å²) in [5, 5.41) is 31.8. The Morgan fingerprint density at radius 2 is 1.93 bits per heavy atom. The molecule has 0 atom stereocenters. The van der Waals surface area contributed by atoms with Gasteiger partial charge in [-0.1, -0.05) is 29.4 Å². The molecule has 0 aromatic heterocycles. The lowest BCUT2D eigenvalue weighted by Crippen LogP contribution is -2.10. The van der Waals surface area contributed by atoms with E-state index in [9.17, 15) is 25.1 Å². The number of nitrogens with zero attached hydrogens (tertiary/aromatic N) is 2. The van der Waals surface area contributed by atoms with Gasteiger partial charge in [0.25, 0.3) is 0 Å². The zero-order valence-corrected chi connectivity index (χ0v) is 16.4. The van der Waals surface area contributed by atoms with Gasteiger partial charge in [-0.15, -0.1) is 0 Å². The molecule has 3 rings (SSSR count). The molecule has 0 amide bonds. The van der Waals surface area contributed by atoms with Crippen molar-refractivity contribution in [3.8, 4) is 5.75 Å². The topological polar surface area (TPSA) is 122 Å². The minimum atomic E-state index is -0.775. The highest BCUT2D eigenvalue weighted by atomic mass is 35.5. The van der Waals surface area contributed by atoms with Gasteiger partial charge >= 0.3 is 11.7 Å². The molecule has 0 spiro atoms. The van der Waals surface area contributed by atoms with Crippen molar-refractivity contribution in [2.24, 2.45) is 4.99 Å². The number of aliphatic hydroxyl groups excluding tert-OH is 1. The fraction of sp³-hybridized carbons (Fsp3) is 0.0526. The normalized spacial score (nSPS) is 16.5. The lowest BCUT2D eigenvalue weighted by Gasteiger charge is -2.02. The van der Waals surface area contributed by atoms with Gasteiger partial charge in [0.05, 0.1) is 22.6 Å². The van der Waals surface area contributed by atoms with Gasteiger partial charge in [0, 0.05) is 11.1 Å². The Kier molecular flexibility index (Phi) is 5.90. The van der Waals surface area contributed by atoms with E-state index in [0.717, 1.165) is 17.8 Å². The van der Waals surface area contributed by atoms with Gasteiger partial charge in [-0.3, -0.25) is 10.1 Å². The molecule has 0 bridgehead atoms. The average Bonchev–Trinajstić information content (AvgIpc) is 2.99. The summed E-state index contributed by atoms with van der Waals surface area (Å²) >= 11 is 6.86. The third-order valence-electron chi connectivity index (χ3n) is 3.83. The van der Waals surface area contributed by atoms with Crippen LogP contribution in [0.2, 0.25) is 5.02 Å². The summed E-state index contributed by atoms with van der Waals surface area (Å²) in [5.41, 5.74) is 0.258. The number of methoxy groups -OCH3 is 1. The monoisotopic (exact) mass is 432 g/mol. The summed E-state index contributed by atoms with van der Waals surface area (Å²) in [6.45, 7) is 0. The Morgan fingerprint density at radius 1 is 1.24 bits per heavy atom. The molecular weight excluding hydrogens is 420 g/mol. The second-order valence-corrected chi connectivity index (χ2v) is 7.19. The van der Waals surface area contributed by atoms with Crippen LogP contribution in [0.15, 0.2) is 63.7 Å². The number of hydrogen-bond donors (Lipinski definition) is 2. The molecule has 0 unspecified atom stereocenters. The number of hydrogen-bond acceptors (Lipinski definition) is 8. The maximum atomic E-state index is 12.2. The van der Waals surface area contributed by atoms with Crippen LogP contribution in [-0.2, 0) is 9.53 Å². The van der Waals surface area contributed by atoms with Crippen LogP contribution in [0.4, 0.5) is 11.4 Å². The molecule has 0 saturated carbocycles. The van der Waals surface area contributed by atoms with Gasteiger partial charge in [-0.25, -0.2) is 9.79 Å². The number of aliphatic imine (C=N–C) groups is 1. The van der Waals surface area contributed by atoms with Crippen LogP contribution in [0.25, 0.3) is 6.08 Å². The molecule has 0 aliphatic carbocycles. The van der Waals surface area contributed by atoms with Crippen molar-refractivity contribution in [1.29, 1.82) is 0 Å². The summed E-state index contributed by atoms with van der Waals surface area (Å²) in [6.07, 6.45) is 1.44.